The zero-order valence-electron chi connectivity index (χ0n) is 9.10. The molecule has 0 aliphatic heterocycles. The molecule has 0 saturated carbocycles. The van der Waals surface area contributed by atoms with Crippen LogP contribution in [0.4, 0.5) is 24.9 Å². The third-order valence-corrected chi connectivity index (χ3v) is 2.48. The van der Waals surface area contributed by atoms with E-state index in [0.717, 1.165) is 0 Å². The molecule has 17 heavy (non-hydrogen) atoms. The molecule has 1 aromatic heterocycles. The second kappa shape index (κ2) is 6.04. The van der Waals surface area contributed by atoms with Crippen molar-refractivity contribution in [3.8, 4) is 0 Å². The lowest BCUT2D eigenvalue weighted by molar-refractivity contribution is -0.134. The molecule has 0 unspecified atom stereocenters. The monoisotopic (exact) mass is 312 g/mol. The fourth-order valence-electron chi connectivity index (χ4n) is 1.11. The summed E-state index contributed by atoms with van der Waals surface area (Å²) in [6, 6.07) is 0. The topological polar surface area (TPSA) is 49.8 Å². The van der Waals surface area contributed by atoms with Gasteiger partial charge in [-0.3, -0.25) is 0 Å². The minimum Gasteiger partial charge on any atom is -0.369 e. The van der Waals surface area contributed by atoms with Crippen molar-refractivity contribution in [3.63, 3.8) is 0 Å². The Bertz CT molecular complexity index is 370. The Kier molecular flexibility index (Phi) is 4.98. The van der Waals surface area contributed by atoms with E-state index >= 15 is 0 Å². The first kappa shape index (κ1) is 14.0. The van der Waals surface area contributed by atoms with E-state index in [4.69, 9.17) is 0 Å². The van der Waals surface area contributed by atoms with E-state index in [0.29, 0.717) is 16.2 Å². The Morgan fingerprint density at radius 2 is 2.12 bits per heavy atom. The Labute approximate surface area is 105 Å². The molecule has 1 rings (SSSR count). The van der Waals surface area contributed by atoms with Gasteiger partial charge in [0.2, 0.25) is 5.95 Å². The Hall–Kier alpha value is -1.05. The highest BCUT2D eigenvalue weighted by Gasteiger charge is 2.25. The third-order valence-electron chi connectivity index (χ3n) is 1.90. The van der Waals surface area contributed by atoms with Crippen LogP contribution in [-0.2, 0) is 0 Å². The van der Waals surface area contributed by atoms with Crippen LogP contribution >= 0.6 is 15.9 Å². The van der Waals surface area contributed by atoms with Crippen molar-refractivity contribution in [2.75, 3.05) is 24.2 Å². The molecule has 0 saturated heterocycles. The van der Waals surface area contributed by atoms with Crippen LogP contribution in [-0.4, -0.2) is 29.7 Å². The van der Waals surface area contributed by atoms with Crippen molar-refractivity contribution in [1.82, 2.24) is 9.97 Å². The average Bonchev–Trinajstić information content (AvgIpc) is 2.25. The van der Waals surface area contributed by atoms with Gasteiger partial charge in [-0.25, -0.2) is 4.98 Å². The van der Waals surface area contributed by atoms with Crippen LogP contribution in [0.3, 0.4) is 0 Å². The van der Waals surface area contributed by atoms with E-state index < -0.39 is 12.6 Å². The zero-order chi connectivity index (χ0) is 12.9. The van der Waals surface area contributed by atoms with Crippen LogP contribution < -0.4 is 10.6 Å². The van der Waals surface area contributed by atoms with Gasteiger partial charge in [0, 0.05) is 26.2 Å². The van der Waals surface area contributed by atoms with E-state index in [-0.39, 0.29) is 13.0 Å². The Morgan fingerprint density at radius 3 is 2.71 bits per heavy atom. The Morgan fingerprint density at radius 1 is 1.41 bits per heavy atom. The van der Waals surface area contributed by atoms with Crippen molar-refractivity contribution in [2.45, 2.75) is 19.0 Å². The van der Waals surface area contributed by atoms with E-state index in [1.54, 1.807) is 7.05 Å². The van der Waals surface area contributed by atoms with Crippen LogP contribution in [0.15, 0.2) is 10.7 Å². The third kappa shape index (κ3) is 5.20. The summed E-state index contributed by atoms with van der Waals surface area (Å²) in [5.41, 5.74) is 0. The molecule has 0 atom stereocenters. The molecular weight excluding hydrogens is 301 g/mol. The second-order valence-electron chi connectivity index (χ2n) is 3.29. The molecular formula is C9H12BrF3N4. The normalized spacial score (nSPS) is 11.4. The lowest BCUT2D eigenvalue weighted by Crippen LogP contribution is -2.12. The summed E-state index contributed by atoms with van der Waals surface area (Å²) in [5, 5.41) is 5.57. The van der Waals surface area contributed by atoms with Gasteiger partial charge in [-0.2, -0.15) is 18.2 Å². The maximum Gasteiger partial charge on any atom is 0.389 e. The Balaban J connectivity index is 2.46. The highest BCUT2D eigenvalue weighted by molar-refractivity contribution is 9.10. The molecule has 0 aromatic carbocycles. The maximum absolute atomic E-state index is 11.9. The van der Waals surface area contributed by atoms with Gasteiger partial charge in [-0.15, -0.1) is 0 Å². The maximum atomic E-state index is 11.9. The number of rotatable bonds is 5. The van der Waals surface area contributed by atoms with Gasteiger partial charge >= 0.3 is 6.18 Å². The fourth-order valence-corrected chi connectivity index (χ4v) is 1.44. The number of alkyl halides is 3. The first-order valence-corrected chi connectivity index (χ1v) is 5.72. The molecule has 1 aromatic rings. The number of halogens is 4. The summed E-state index contributed by atoms with van der Waals surface area (Å²) >= 11 is 3.21. The van der Waals surface area contributed by atoms with Gasteiger partial charge in [-0.05, 0) is 22.4 Å². The molecule has 0 aliphatic rings. The molecule has 96 valence electrons. The fraction of sp³-hybridized carbons (Fsp3) is 0.556. The number of nitrogens with one attached hydrogen (secondary N) is 2. The summed E-state index contributed by atoms with van der Waals surface area (Å²) in [4.78, 5) is 8.00. The predicted octanol–water partition coefficient (Wildman–Crippen LogP) is 3.04. The molecule has 0 radical (unpaired) electrons. The molecule has 2 N–H and O–H groups in total. The highest BCUT2D eigenvalue weighted by Crippen LogP contribution is 2.23. The number of nitrogens with zero attached hydrogens (tertiary/aromatic N) is 2. The van der Waals surface area contributed by atoms with Gasteiger partial charge in [0.25, 0.3) is 0 Å². The SMILES string of the molecule is CNc1ncc(Br)c(NCCCC(F)(F)F)n1. The van der Waals surface area contributed by atoms with Gasteiger partial charge in [0.15, 0.2) is 0 Å². The molecule has 0 bridgehead atoms. The lowest BCUT2D eigenvalue weighted by Gasteiger charge is -2.09. The van der Waals surface area contributed by atoms with Crippen LogP contribution in [0.2, 0.25) is 0 Å². The minimum atomic E-state index is -4.11. The van der Waals surface area contributed by atoms with Crippen LogP contribution in [0.1, 0.15) is 12.8 Å². The zero-order valence-corrected chi connectivity index (χ0v) is 10.7. The van der Waals surface area contributed by atoms with Crippen LogP contribution in [0, 0.1) is 0 Å². The van der Waals surface area contributed by atoms with E-state index in [1.807, 2.05) is 0 Å². The minimum absolute atomic E-state index is 0.00876. The van der Waals surface area contributed by atoms with Gasteiger partial charge in [-0.1, -0.05) is 0 Å². The standard InChI is InChI=1S/C9H12BrF3N4/c1-14-8-16-5-6(10)7(17-8)15-4-2-3-9(11,12)13/h5H,2-4H2,1H3,(H2,14,15,16,17). The summed E-state index contributed by atoms with van der Waals surface area (Å²) in [7, 11) is 1.66. The number of hydrogen-bond acceptors (Lipinski definition) is 4. The highest BCUT2D eigenvalue weighted by atomic mass is 79.9. The summed E-state index contributed by atoms with van der Waals surface area (Å²) in [6.07, 6.45) is -3.37. The van der Waals surface area contributed by atoms with Crippen molar-refractivity contribution in [3.05, 3.63) is 10.7 Å². The van der Waals surface area contributed by atoms with Crippen molar-refractivity contribution in [2.24, 2.45) is 0 Å². The lowest BCUT2D eigenvalue weighted by atomic mass is 10.3. The number of aromatic nitrogens is 2. The smallest absolute Gasteiger partial charge is 0.369 e. The van der Waals surface area contributed by atoms with Gasteiger partial charge < -0.3 is 10.6 Å². The quantitative estimate of drug-likeness (QED) is 0.821. The molecule has 4 nitrogen and oxygen atoms in total. The van der Waals surface area contributed by atoms with E-state index in [1.165, 1.54) is 6.20 Å². The number of hydrogen-bond donors (Lipinski definition) is 2. The van der Waals surface area contributed by atoms with Crippen molar-refractivity contribution < 1.29 is 13.2 Å². The molecule has 0 amide bonds. The number of anilines is 2. The molecule has 8 heteroatoms. The van der Waals surface area contributed by atoms with Crippen molar-refractivity contribution in [1.29, 1.82) is 0 Å². The predicted molar refractivity (Wildman–Crippen MR) is 63.1 cm³/mol. The summed E-state index contributed by atoms with van der Waals surface area (Å²) in [6.45, 7) is 0.207. The molecule has 0 aliphatic carbocycles. The first-order valence-electron chi connectivity index (χ1n) is 4.93. The van der Waals surface area contributed by atoms with Crippen molar-refractivity contribution >= 4 is 27.7 Å². The summed E-state index contributed by atoms with van der Waals surface area (Å²) in [5.74, 6) is 0.887. The largest absolute Gasteiger partial charge is 0.389 e. The van der Waals surface area contributed by atoms with Crippen LogP contribution in [0.5, 0.6) is 0 Å². The summed E-state index contributed by atoms with van der Waals surface area (Å²) < 4.78 is 36.3. The van der Waals surface area contributed by atoms with Gasteiger partial charge in [0.1, 0.15) is 5.82 Å². The molecule has 0 fully saturated rings. The first-order chi connectivity index (χ1) is 7.92. The van der Waals surface area contributed by atoms with Gasteiger partial charge in [0.05, 0.1) is 4.47 Å². The average molecular weight is 313 g/mol. The molecule has 1 heterocycles. The van der Waals surface area contributed by atoms with Crippen LogP contribution in [0.25, 0.3) is 0 Å². The second-order valence-corrected chi connectivity index (χ2v) is 4.14. The van der Waals surface area contributed by atoms with E-state index in [2.05, 4.69) is 36.5 Å². The van der Waals surface area contributed by atoms with E-state index in [9.17, 15) is 13.2 Å². The molecule has 0 spiro atoms.